The lowest BCUT2D eigenvalue weighted by atomic mass is 10.1. The summed E-state index contributed by atoms with van der Waals surface area (Å²) in [5, 5.41) is 3.02. The molecule has 4 rings (SSSR count). The fourth-order valence-electron chi connectivity index (χ4n) is 4.31. The smallest absolute Gasteiger partial charge is 0.248 e. The fourth-order valence-corrected chi connectivity index (χ4v) is 4.31. The zero-order valence-electron chi connectivity index (χ0n) is 17.9. The van der Waals surface area contributed by atoms with Crippen LogP contribution in [0.5, 0.6) is 0 Å². The molecule has 0 spiro atoms. The molecule has 164 valence electrons. The summed E-state index contributed by atoms with van der Waals surface area (Å²) in [5.41, 5.74) is 8.97. The van der Waals surface area contributed by atoms with Gasteiger partial charge in [0.15, 0.2) is 0 Å². The molecule has 7 heteroatoms. The van der Waals surface area contributed by atoms with Crippen LogP contribution in [0.15, 0.2) is 48.5 Å². The SMILES string of the molecule is NC(=O)c1ccc(N2CCN(CC(=O)Nc3ccc(N4CCCCC4)cc3)CC2)cc1. The number of carbonyl (C=O) groups is 2. The molecular formula is C24H31N5O2. The minimum Gasteiger partial charge on any atom is -0.372 e. The number of primary amides is 1. The number of anilines is 3. The van der Waals surface area contributed by atoms with Gasteiger partial charge in [-0.2, -0.15) is 0 Å². The van der Waals surface area contributed by atoms with Crippen LogP contribution in [0, 0.1) is 0 Å². The first-order chi connectivity index (χ1) is 15.1. The van der Waals surface area contributed by atoms with Crippen LogP contribution >= 0.6 is 0 Å². The summed E-state index contributed by atoms with van der Waals surface area (Å²) in [6, 6.07) is 15.6. The number of amides is 2. The zero-order chi connectivity index (χ0) is 21.6. The van der Waals surface area contributed by atoms with Crippen molar-refractivity contribution in [2.24, 2.45) is 5.73 Å². The molecule has 2 aromatic rings. The number of rotatable bonds is 6. The molecule has 0 bridgehead atoms. The van der Waals surface area contributed by atoms with Crippen LogP contribution in [0.25, 0.3) is 0 Å². The summed E-state index contributed by atoms with van der Waals surface area (Å²) in [4.78, 5) is 30.6. The lowest BCUT2D eigenvalue weighted by Crippen LogP contribution is -2.48. The molecule has 0 aromatic heterocycles. The average Bonchev–Trinajstić information content (AvgIpc) is 2.81. The molecule has 2 saturated heterocycles. The Bertz CT molecular complexity index is 883. The van der Waals surface area contributed by atoms with Crippen molar-refractivity contribution < 1.29 is 9.59 Å². The fraction of sp³-hybridized carbons (Fsp3) is 0.417. The Morgan fingerprint density at radius 3 is 1.87 bits per heavy atom. The highest BCUT2D eigenvalue weighted by Crippen LogP contribution is 2.22. The zero-order valence-corrected chi connectivity index (χ0v) is 17.9. The summed E-state index contributed by atoms with van der Waals surface area (Å²) in [5.74, 6) is -0.395. The van der Waals surface area contributed by atoms with Gasteiger partial charge in [-0.25, -0.2) is 0 Å². The number of hydrogen-bond acceptors (Lipinski definition) is 5. The van der Waals surface area contributed by atoms with Gasteiger partial charge in [-0.15, -0.1) is 0 Å². The monoisotopic (exact) mass is 421 g/mol. The van der Waals surface area contributed by atoms with Gasteiger partial charge in [-0.1, -0.05) is 0 Å². The van der Waals surface area contributed by atoms with Gasteiger partial charge in [-0.3, -0.25) is 14.5 Å². The molecular weight excluding hydrogens is 390 g/mol. The van der Waals surface area contributed by atoms with E-state index in [9.17, 15) is 9.59 Å². The van der Waals surface area contributed by atoms with Gasteiger partial charge in [0.1, 0.15) is 0 Å². The van der Waals surface area contributed by atoms with Crippen LogP contribution in [-0.2, 0) is 4.79 Å². The highest BCUT2D eigenvalue weighted by atomic mass is 16.2. The second kappa shape index (κ2) is 9.83. The van der Waals surface area contributed by atoms with Crippen LogP contribution < -0.4 is 20.9 Å². The Morgan fingerprint density at radius 2 is 1.29 bits per heavy atom. The first-order valence-electron chi connectivity index (χ1n) is 11.1. The van der Waals surface area contributed by atoms with E-state index in [4.69, 9.17) is 5.73 Å². The van der Waals surface area contributed by atoms with E-state index in [2.05, 4.69) is 32.1 Å². The van der Waals surface area contributed by atoms with Gasteiger partial charge in [0.25, 0.3) is 0 Å². The van der Waals surface area contributed by atoms with E-state index in [0.717, 1.165) is 50.6 Å². The van der Waals surface area contributed by atoms with Gasteiger partial charge >= 0.3 is 0 Å². The molecule has 2 aliphatic heterocycles. The van der Waals surface area contributed by atoms with Crippen LogP contribution in [0.4, 0.5) is 17.1 Å². The highest BCUT2D eigenvalue weighted by molar-refractivity contribution is 5.93. The number of nitrogens with one attached hydrogen (secondary N) is 1. The van der Waals surface area contributed by atoms with E-state index in [1.807, 2.05) is 24.3 Å². The minimum atomic E-state index is -0.413. The molecule has 2 fully saturated rings. The topological polar surface area (TPSA) is 81.9 Å². The first kappa shape index (κ1) is 21.2. The molecule has 2 heterocycles. The maximum Gasteiger partial charge on any atom is 0.248 e. The maximum atomic E-state index is 12.5. The van der Waals surface area contributed by atoms with Crippen molar-refractivity contribution in [3.05, 3.63) is 54.1 Å². The maximum absolute atomic E-state index is 12.5. The Kier molecular flexibility index (Phi) is 6.72. The molecule has 0 saturated carbocycles. The van der Waals surface area contributed by atoms with E-state index in [1.165, 1.54) is 24.9 Å². The third kappa shape index (κ3) is 5.55. The largest absolute Gasteiger partial charge is 0.372 e. The van der Waals surface area contributed by atoms with E-state index in [-0.39, 0.29) is 5.91 Å². The second-order valence-corrected chi connectivity index (χ2v) is 8.32. The number of piperidine rings is 1. The molecule has 0 atom stereocenters. The van der Waals surface area contributed by atoms with E-state index < -0.39 is 5.91 Å². The molecule has 0 radical (unpaired) electrons. The van der Waals surface area contributed by atoms with E-state index >= 15 is 0 Å². The summed E-state index contributed by atoms with van der Waals surface area (Å²) >= 11 is 0. The van der Waals surface area contributed by atoms with Crippen molar-refractivity contribution in [3.8, 4) is 0 Å². The summed E-state index contributed by atoms with van der Waals surface area (Å²) in [7, 11) is 0. The Labute approximate surface area is 183 Å². The molecule has 7 nitrogen and oxygen atoms in total. The number of carbonyl (C=O) groups excluding carboxylic acids is 2. The van der Waals surface area contributed by atoms with Crippen molar-refractivity contribution in [2.45, 2.75) is 19.3 Å². The van der Waals surface area contributed by atoms with Gasteiger partial charge in [0.05, 0.1) is 6.54 Å². The van der Waals surface area contributed by atoms with Gasteiger partial charge in [0, 0.05) is 61.9 Å². The second-order valence-electron chi connectivity index (χ2n) is 8.32. The Balaban J connectivity index is 1.23. The summed E-state index contributed by atoms with van der Waals surface area (Å²) in [6.45, 7) is 5.95. The van der Waals surface area contributed by atoms with Crippen molar-refractivity contribution in [1.29, 1.82) is 0 Å². The number of nitrogens with zero attached hydrogens (tertiary/aromatic N) is 3. The van der Waals surface area contributed by atoms with Crippen LogP contribution in [0.2, 0.25) is 0 Å². The van der Waals surface area contributed by atoms with Crippen LogP contribution in [0.1, 0.15) is 29.6 Å². The standard InChI is InChI=1S/C24H31N5O2/c25-24(31)19-4-8-21(9-5-19)29-16-14-27(15-17-29)18-23(30)26-20-6-10-22(11-7-20)28-12-2-1-3-13-28/h4-11H,1-3,12-18H2,(H2,25,31)(H,26,30). The van der Waals surface area contributed by atoms with Crippen molar-refractivity contribution in [2.75, 3.05) is 60.9 Å². The quantitative estimate of drug-likeness (QED) is 0.749. The molecule has 2 amide bonds. The summed E-state index contributed by atoms with van der Waals surface area (Å²) in [6.07, 6.45) is 3.83. The Hall–Kier alpha value is -3.06. The lowest BCUT2D eigenvalue weighted by molar-refractivity contribution is -0.117. The van der Waals surface area contributed by atoms with E-state index in [1.54, 1.807) is 12.1 Å². The van der Waals surface area contributed by atoms with Gasteiger partial charge in [-0.05, 0) is 67.8 Å². The van der Waals surface area contributed by atoms with Crippen molar-refractivity contribution in [1.82, 2.24) is 4.90 Å². The molecule has 3 N–H and O–H groups in total. The van der Waals surface area contributed by atoms with Crippen molar-refractivity contribution in [3.63, 3.8) is 0 Å². The molecule has 0 unspecified atom stereocenters. The third-order valence-corrected chi connectivity index (χ3v) is 6.13. The number of piperazine rings is 1. The molecule has 2 aliphatic rings. The summed E-state index contributed by atoms with van der Waals surface area (Å²) < 4.78 is 0. The van der Waals surface area contributed by atoms with Crippen LogP contribution in [0.3, 0.4) is 0 Å². The van der Waals surface area contributed by atoms with E-state index in [0.29, 0.717) is 12.1 Å². The predicted octanol–water partition coefficient (Wildman–Crippen LogP) is 2.54. The van der Waals surface area contributed by atoms with Crippen LogP contribution in [-0.4, -0.2) is 62.5 Å². The van der Waals surface area contributed by atoms with Gasteiger partial charge < -0.3 is 20.9 Å². The molecule has 2 aromatic carbocycles. The first-order valence-corrected chi connectivity index (χ1v) is 11.1. The average molecular weight is 422 g/mol. The molecule has 0 aliphatic carbocycles. The number of benzene rings is 2. The van der Waals surface area contributed by atoms with Gasteiger partial charge in [0.2, 0.25) is 11.8 Å². The Morgan fingerprint density at radius 1 is 0.742 bits per heavy atom. The predicted molar refractivity (Wildman–Crippen MR) is 125 cm³/mol. The highest BCUT2D eigenvalue weighted by Gasteiger charge is 2.19. The lowest BCUT2D eigenvalue weighted by Gasteiger charge is -2.35. The van der Waals surface area contributed by atoms with Crippen molar-refractivity contribution >= 4 is 28.9 Å². The normalized spacial score (nSPS) is 17.4. The third-order valence-electron chi connectivity index (χ3n) is 6.13. The number of hydrogen-bond donors (Lipinski definition) is 2. The number of nitrogens with two attached hydrogens (primary N) is 1. The minimum absolute atomic E-state index is 0.0185. The molecule has 31 heavy (non-hydrogen) atoms.